The van der Waals surface area contributed by atoms with E-state index < -0.39 is 40.1 Å². The molecule has 8 nitrogen and oxygen atoms in total. The van der Waals surface area contributed by atoms with E-state index >= 15 is 0 Å². The number of carbonyl (C=O) groups is 1. The van der Waals surface area contributed by atoms with Gasteiger partial charge >= 0.3 is 12.2 Å². The fraction of sp³-hybridized carbons (Fsp3) is 0.444. The fourth-order valence-corrected chi connectivity index (χ4v) is 7.08. The van der Waals surface area contributed by atoms with Crippen LogP contribution in [0.4, 0.5) is 18.0 Å². The number of halogens is 5. The molecule has 3 aromatic rings. The summed E-state index contributed by atoms with van der Waals surface area (Å²) in [5, 5.41) is 1.02. The molecule has 50 heavy (non-hydrogen) atoms. The summed E-state index contributed by atoms with van der Waals surface area (Å²) in [7, 11) is -3.08. The molecule has 0 bridgehead atoms. The van der Waals surface area contributed by atoms with Gasteiger partial charge in [0, 0.05) is 42.5 Å². The van der Waals surface area contributed by atoms with Crippen LogP contribution in [0.5, 0.6) is 5.75 Å². The lowest BCUT2D eigenvalue weighted by atomic mass is 9.86. The van der Waals surface area contributed by atoms with Crippen molar-refractivity contribution in [2.45, 2.75) is 50.9 Å². The quantitative estimate of drug-likeness (QED) is 0.222. The fourth-order valence-electron chi connectivity index (χ4n) is 6.17. The highest BCUT2D eigenvalue weighted by molar-refractivity contribution is 7.90. The highest BCUT2D eigenvalue weighted by Crippen LogP contribution is 2.46. The molecule has 0 saturated carbocycles. The maximum Gasteiger partial charge on any atom is 0.422 e. The van der Waals surface area contributed by atoms with E-state index in [1.165, 1.54) is 6.26 Å². The predicted octanol–water partition coefficient (Wildman–Crippen LogP) is 7.95. The van der Waals surface area contributed by atoms with Crippen LogP contribution in [0.15, 0.2) is 71.7 Å². The van der Waals surface area contributed by atoms with E-state index in [0.29, 0.717) is 49.2 Å². The molecule has 2 aliphatic rings. The lowest BCUT2D eigenvalue weighted by Gasteiger charge is -2.39. The van der Waals surface area contributed by atoms with Crippen LogP contribution in [-0.4, -0.2) is 92.5 Å². The third-order valence-electron chi connectivity index (χ3n) is 8.81. The van der Waals surface area contributed by atoms with Crippen molar-refractivity contribution >= 4 is 44.9 Å². The number of hydrogen-bond donors (Lipinski definition) is 0. The SMILES string of the molecule is CC(C)(C)c1ccc(C2=N[C@@H](c3ccc(Cl)cc3)[C@@H](c3ccc(Cl)cc3)N2C(=O)N2CCN(CCCS(C)(=O)=O)CC2)c(OCC(F)(F)F)c1. The maximum absolute atomic E-state index is 14.8. The number of benzene rings is 3. The normalized spacial score (nSPS) is 19.1. The Labute approximate surface area is 301 Å². The summed E-state index contributed by atoms with van der Waals surface area (Å²) in [6.07, 6.45) is -2.90. The summed E-state index contributed by atoms with van der Waals surface area (Å²) in [5.74, 6) is 0.234. The van der Waals surface area contributed by atoms with Crippen molar-refractivity contribution in [1.82, 2.24) is 14.7 Å². The standard InChI is InChI=1S/C36H41Cl2F3N4O4S/c1-35(2,3)26-10-15-29(30(22-26)49-23-36(39,40)41)33-42-31(24-6-11-27(37)12-7-24)32(25-8-13-28(38)14-9-25)45(33)34(46)44-19-17-43(18-20-44)16-5-21-50(4,47)48/h6-15,22,31-32H,5,16-21,23H2,1-4H3/t31-,32+/m0/s1. The monoisotopic (exact) mass is 752 g/mol. The number of sulfone groups is 1. The van der Waals surface area contributed by atoms with Crippen molar-refractivity contribution in [1.29, 1.82) is 0 Å². The second kappa shape index (κ2) is 15.1. The first-order valence-corrected chi connectivity index (χ1v) is 19.1. The van der Waals surface area contributed by atoms with Gasteiger partial charge in [-0.3, -0.25) is 14.8 Å². The average molecular weight is 754 g/mol. The third-order valence-corrected chi connectivity index (χ3v) is 10.3. The van der Waals surface area contributed by atoms with Gasteiger partial charge in [0.25, 0.3) is 0 Å². The first-order chi connectivity index (χ1) is 23.4. The number of amidine groups is 1. The molecule has 3 aromatic carbocycles. The summed E-state index contributed by atoms with van der Waals surface area (Å²) >= 11 is 12.5. The van der Waals surface area contributed by atoms with E-state index in [1.807, 2.05) is 51.1 Å². The topological polar surface area (TPSA) is 82.5 Å². The Kier molecular flexibility index (Phi) is 11.5. The lowest BCUT2D eigenvalue weighted by Crippen LogP contribution is -2.54. The molecule has 0 unspecified atom stereocenters. The van der Waals surface area contributed by atoms with Crippen LogP contribution < -0.4 is 4.74 Å². The van der Waals surface area contributed by atoms with Crippen molar-refractivity contribution < 1.29 is 31.1 Å². The molecule has 1 fully saturated rings. The van der Waals surface area contributed by atoms with E-state index in [-0.39, 0.29) is 28.9 Å². The Morgan fingerprint density at radius 2 is 1.48 bits per heavy atom. The van der Waals surface area contributed by atoms with Gasteiger partial charge in [-0.2, -0.15) is 13.2 Å². The van der Waals surface area contributed by atoms with Gasteiger partial charge in [-0.1, -0.05) is 74.3 Å². The van der Waals surface area contributed by atoms with E-state index in [0.717, 1.165) is 16.7 Å². The molecule has 2 aliphatic heterocycles. The van der Waals surface area contributed by atoms with Crippen LogP contribution in [0, 0.1) is 0 Å². The van der Waals surface area contributed by atoms with Crippen molar-refractivity contribution in [3.63, 3.8) is 0 Å². The number of amides is 2. The van der Waals surface area contributed by atoms with Crippen molar-refractivity contribution in [2.24, 2.45) is 4.99 Å². The number of hydrogen-bond acceptors (Lipinski definition) is 6. The summed E-state index contributed by atoms with van der Waals surface area (Å²) in [5.41, 5.74) is 2.09. The summed E-state index contributed by atoms with van der Waals surface area (Å²) in [4.78, 5) is 25.3. The number of rotatable bonds is 9. The molecule has 270 valence electrons. The van der Waals surface area contributed by atoms with Crippen LogP contribution in [0.2, 0.25) is 10.0 Å². The van der Waals surface area contributed by atoms with E-state index in [1.54, 1.807) is 46.2 Å². The highest BCUT2D eigenvalue weighted by atomic mass is 35.5. The Morgan fingerprint density at radius 3 is 2.02 bits per heavy atom. The molecule has 0 aliphatic carbocycles. The molecule has 0 spiro atoms. The maximum atomic E-state index is 14.8. The van der Waals surface area contributed by atoms with Crippen LogP contribution in [-0.2, 0) is 15.3 Å². The molecular weight excluding hydrogens is 712 g/mol. The second-order valence-electron chi connectivity index (χ2n) is 13.8. The lowest BCUT2D eigenvalue weighted by molar-refractivity contribution is -0.153. The Hall–Kier alpha value is -3.32. The number of piperazine rings is 1. The van der Waals surface area contributed by atoms with Gasteiger partial charge in [0.05, 0.1) is 17.4 Å². The summed E-state index contributed by atoms with van der Waals surface area (Å²) in [6.45, 7) is 6.70. The number of aliphatic imine (C=N–C) groups is 1. The summed E-state index contributed by atoms with van der Waals surface area (Å²) in [6, 6.07) is 17.6. The second-order valence-corrected chi connectivity index (χ2v) is 16.9. The van der Waals surface area contributed by atoms with Gasteiger partial charge in [-0.15, -0.1) is 0 Å². The molecule has 0 N–H and O–H groups in total. The molecular formula is C36H41Cl2F3N4O4S. The van der Waals surface area contributed by atoms with Crippen LogP contribution >= 0.6 is 23.2 Å². The van der Waals surface area contributed by atoms with Gasteiger partial charge in [-0.25, -0.2) is 13.2 Å². The van der Waals surface area contributed by atoms with Crippen LogP contribution in [0.1, 0.15) is 61.5 Å². The first-order valence-electron chi connectivity index (χ1n) is 16.3. The Bertz CT molecular complexity index is 1810. The molecule has 0 aromatic heterocycles. The molecule has 2 atom stereocenters. The molecule has 0 radical (unpaired) electrons. The minimum Gasteiger partial charge on any atom is -0.483 e. The molecule has 1 saturated heterocycles. The summed E-state index contributed by atoms with van der Waals surface area (Å²) < 4.78 is 69.4. The van der Waals surface area contributed by atoms with Gasteiger partial charge in [0.15, 0.2) is 6.61 Å². The van der Waals surface area contributed by atoms with Crippen molar-refractivity contribution in [3.8, 4) is 5.75 Å². The van der Waals surface area contributed by atoms with Crippen LogP contribution in [0.3, 0.4) is 0 Å². The minimum atomic E-state index is -4.60. The van der Waals surface area contributed by atoms with Gasteiger partial charge in [0.1, 0.15) is 27.5 Å². The predicted molar refractivity (Wildman–Crippen MR) is 191 cm³/mol. The molecule has 5 rings (SSSR count). The Morgan fingerprint density at radius 1 is 0.900 bits per heavy atom. The first kappa shape index (κ1) is 37.9. The Balaban J connectivity index is 1.59. The average Bonchev–Trinajstić information content (AvgIpc) is 3.43. The third kappa shape index (κ3) is 9.51. The van der Waals surface area contributed by atoms with E-state index in [9.17, 15) is 26.4 Å². The zero-order valence-corrected chi connectivity index (χ0v) is 30.7. The smallest absolute Gasteiger partial charge is 0.422 e. The zero-order chi connectivity index (χ0) is 36.4. The number of ether oxygens (including phenoxy) is 1. The number of carbonyl (C=O) groups excluding carboxylic acids is 1. The van der Waals surface area contributed by atoms with Gasteiger partial charge in [0.2, 0.25) is 0 Å². The number of alkyl halides is 3. The van der Waals surface area contributed by atoms with Crippen molar-refractivity contribution in [2.75, 3.05) is 51.3 Å². The zero-order valence-electron chi connectivity index (χ0n) is 28.4. The van der Waals surface area contributed by atoms with Gasteiger partial charge < -0.3 is 9.64 Å². The molecule has 2 amide bonds. The minimum absolute atomic E-state index is 0.0337. The van der Waals surface area contributed by atoms with Crippen LogP contribution in [0.25, 0.3) is 0 Å². The molecule has 14 heteroatoms. The van der Waals surface area contributed by atoms with E-state index in [4.69, 9.17) is 32.9 Å². The van der Waals surface area contributed by atoms with Gasteiger partial charge in [-0.05, 0) is 71.5 Å². The number of nitrogens with zero attached hydrogens (tertiary/aromatic N) is 4. The number of urea groups is 1. The molecule has 2 heterocycles. The highest BCUT2D eigenvalue weighted by Gasteiger charge is 2.45. The van der Waals surface area contributed by atoms with Crippen molar-refractivity contribution in [3.05, 3.63) is 99.0 Å². The largest absolute Gasteiger partial charge is 0.483 e. The van der Waals surface area contributed by atoms with E-state index in [2.05, 4.69) is 4.90 Å².